The molecule has 2 fully saturated rings. The van der Waals surface area contributed by atoms with Crippen molar-refractivity contribution in [1.82, 2.24) is 9.80 Å². The van der Waals surface area contributed by atoms with E-state index in [1.165, 1.54) is 0 Å². The Hall–Kier alpha value is -1.14. The molecule has 2 heterocycles. The number of likely N-dealkylation sites (N-methyl/N-ethyl adjacent to an activating group) is 1. The van der Waals surface area contributed by atoms with E-state index in [0.29, 0.717) is 31.3 Å². The number of carbonyl (C=O) groups is 2. The van der Waals surface area contributed by atoms with Crippen molar-refractivity contribution in [3.63, 3.8) is 0 Å². The average Bonchev–Trinajstić information content (AvgIpc) is 2.94. The van der Waals surface area contributed by atoms with Crippen LogP contribution in [0, 0.1) is 5.92 Å². The maximum absolute atomic E-state index is 12.3. The molecule has 2 unspecified atom stereocenters. The summed E-state index contributed by atoms with van der Waals surface area (Å²) in [4.78, 5) is 27.1. The minimum atomic E-state index is -0.976. The van der Waals surface area contributed by atoms with E-state index in [2.05, 4.69) is 11.8 Å². The van der Waals surface area contributed by atoms with Gasteiger partial charge in [0.05, 0.1) is 0 Å². The van der Waals surface area contributed by atoms with Gasteiger partial charge in [-0.15, -0.1) is 0 Å². The van der Waals surface area contributed by atoms with E-state index in [0.717, 1.165) is 6.54 Å². The number of hydrogen-bond donors (Lipinski definition) is 1. The number of nitrogens with zero attached hydrogens (tertiary/aromatic N) is 2. The first-order valence-electron chi connectivity index (χ1n) is 6.73. The first kappa shape index (κ1) is 14.3. The van der Waals surface area contributed by atoms with E-state index in [1.807, 2.05) is 19.0 Å². The quantitative estimate of drug-likeness (QED) is 0.783. The maximum atomic E-state index is 12.3. The molecular formula is C13H22N2O4. The van der Waals surface area contributed by atoms with Gasteiger partial charge in [-0.25, -0.2) is 4.79 Å². The number of ether oxygens (including phenoxy) is 1. The first-order chi connectivity index (χ1) is 8.90. The lowest BCUT2D eigenvalue weighted by Crippen LogP contribution is -2.40. The molecule has 2 rings (SSSR count). The zero-order chi connectivity index (χ0) is 14.2. The molecule has 1 amide bonds. The normalized spacial score (nSPS) is 35.1. The predicted octanol–water partition coefficient (Wildman–Crippen LogP) is 0.0271. The first-order valence-corrected chi connectivity index (χ1v) is 6.73. The third-order valence-corrected chi connectivity index (χ3v) is 4.12. The largest absolute Gasteiger partial charge is 0.479 e. The van der Waals surface area contributed by atoms with Crippen molar-refractivity contribution in [3.8, 4) is 0 Å². The highest BCUT2D eigenvalue weighted by atomic mass is 16.5. The van der Waals surface area contributed by atoms with Crippen LogP contribution in [0.25, 0.3) is 0 Å². The van der Waals surface area contributed by atoms with E-state index in [1.54, 1.807) is 0 Å². The Balaban J connectivity index is 1.93. The number of amides is 1. The minimum Gasteiger partial charge on any atom is -0.479 e. The van der Waals surface area contributed by atoms with Crippen LogP contribution in [-0.4, -0.2) is 72.2 Å². The highest BCUT2D eigenvalue weighted by molar-refractivity contribution is 5.83. The van der Waals surface area contributed by atoms with Gasteiger partial charge in [0, 0.05) is 19.1 Å². The van der Waals surface area contributed by atoms with E-state index >= 15 is 0 Å². The van der Waals surface area contributed by atoms with Gasteiger partial charge >= 0.3 is 5.97 Å². The summed E-state index contributed by atoms with van der Waals surface area (Å²) in [7, 11) is 4.03. The Labute approximate surface area is 113 Å². The summed E-state index contributed by atoms with van der Waals surface area (Å²) in [5.74, 6) is -0.605. The third-order valence-electron chi connectivity index (χ3n) is 4.12. The minimum absolute atomic E-state index is 0.0556. The monoisotopic (exact) mass is 270 g/mol. The van der Waals surface area contributed by atoms with Gasteiger partial charge in [0.1, 0.15) is 6.10 Å². The number of carbonyl (C=O) groups excluding carboxylic acids is 1. The van der Waals surface area contributed by atoms with Crippen molar-refractivity contribution in [2.24, 2.45) is 5.92 Å². The molecule has 0 spiro atoms. The van der Waals surface area contributed by atoms with Gasteiger partial charge in [-0.3, -0.25) is 4.79 Å². The molecule has 6 heteroatoms. The molecule has 6 nitrogen and oxygen atoms in total. The molecular weight excluding hydrogens is 248 g/mol. The molecule has 2 saturated heterocycles. The summed E-state index contributed by atoms with van der Waals surface area (Å²) in [5.41, 5.74) is 0. The lowest BCUT2D eigenvalue weighted by Gasteiger charge is -2.23. The van der Waals surface area contributed by atoms with E-state index in [-0.39, 0.29) is 5.91 Å². The van der Waals surface area contributed by atoms with E-state index < -0.39 is 18.2 Å². The van der Waals surface area contributed by atoms with Crippen molar-refractivity contribution in [3.05, 3.63) is 0 Å². The van der Waals surface area contributed by atoms with Gasteiger partial charge in [0.15, 0.2) is 6.10 Å². The van der Waals surface area contributed by atoms with Crippen molar-refractivity contribution in [2.75, 3.05) is 27.2 Å². The Morgan fingerprint density at radius 2 is 1.84 bits per heavy atom. The Bertz CT molecular complexity index is 372. The number of rotatable bonds is 3. The number of carboxylic acids is 1. The molecule has 0 bridgehead atoms. The molecule has 19 heavy (non-hydrogen) atoms. The maximum Gasteiger partial charge on any atom is 0.332 e. The van der Waals surface area contributed by atoms with Crippen molar-refractivity contribution < 1.29 is 19.4 Å². The zero-order valence-electron chi connectivity index (χ0n) is 11.7. The molecule has 2 aliphatic rings. The number of hydrogen-bond acceptors (Lipinski definition) is 4. The standard InChI is InChI=1S/C13H22N2O4/c1-8-6-15(7-9(8)14(2)3)12(16)10-4-5-11(19-10)13(17)18/h8-11H,4-7H2,1-3H3,(H,17,18)/t8?,9?,10-,11+/m0/s1. The summed E-state index contributed by atoms with van der Waals surface area (Å²) in [5, 5.41) is 8.88. The van der Waals surface area contributed by atoms with Crippen LogP contribution < -0.4 is 0 Å². The van der Waals surface area contributed by atoms with Gasteiger partial charge < -0.3 is 19.6 Å². The highest BCUT2D eigenvalue weighted by Gasteiger charge is 2.40. The summed E-state index contributed by atoms with van der Waals surface area (Å²) in [6, 6.07) is 0.362. The van der Waals surface area contributed by atoms with Crippen molar-refractivity contribution >= 4 is 11.9 Å². The van der Waals surface area contributed by atoms with Crippen LogP contribution in [0.5, 0.6) is 0 Å². The summed E-state index contributed by atoms with van der Waals surface area (Å²) >= 11 is 0. The smallest absolute Gasteiger partial charge is 0.332 e. The fraction of sp³-hybridized carbons (Fsp3) is 0.846. The van der Waals surface area contributed by atoms with Gasteiger partial charge in [0.25, 0.3) is 5.91 Å². The molecule has 0 aromatic carbocycles. The van der Waals surface area contributed by atoms with Crippen LogP contribution >= 0.6 is 0 Å². The fourth-order valence-corrected chi connectivity index (χ4v) is 3.01. The van der Waals surface area contributed by atoms with Crippen LogP contribution in [0.2, 0.25) is 0 Å². The molecule has 1 N–H and O–H groups in total. The van der Waals surface area contributed by atoms with Crippen molar-refractivity contribution in [2.45, 2.75) is 38.0 Å². The van der Waals surface area contributed by atoms with Gasteiger partial charge in [-0.05, 0) is 32.9 Å². The van der Waals surface area contributed by atoms with E-state index in [9.17, 15) is 9.59 Å². The van der Waals surface area contributed by atoms with Crippen LogP contribution in [0.1, 0.15) is 19.8 Å². The average molecular weight is 270 g/mol. The SMILES string of the molecule is CC1CN(C(=O)[C@@H]2CC[C@H](C(=O)O)O2)CC1N(C)C. The number of carboxylic acid groups (broad SMARTS) is 1. The predicted molar refractivity (Wildman–Crippen MR) is 68.7 cm³/mol. The van der Waals surface area contributed by atoms with Crippen LogP contribution in [0.3, 0.4) is 0 Å². The van der Waals surface area contributed by atoms with Gasteiger partial charge in [-0.2, -0.15) is 0 Å². The molecule has 108 valence electrons. The summed E-state index contributed by atoms with van der Waals surface area (Å²) < 4.78 is 5.32. The van der Waals surface area contributed by atoms with Gasteiger partial charge in [-0.1, -0.05) is 6.92 Å². The van der Waals surface area contributed by atoms with Crippen LogP contribution in [0.4, 0.5) is 0 Å². The molecule has 4 atom stereocenters. The number of aliphatic carboxylic acids is 1. The molecule has 0 radical (unpaired) electrons. The topological polar surface area (TPSA) is 70.1 Å². The molecule has 0 aromatic rings. The lowest BCUT2D eigenvalue weighted by atomic mass is 10.1. The lowest BCUT2D eigenvalue weighted by molar-refractivity contribution is -0.154. The molecule has 2 aliphatic heterocycles. The molecule has 0 aliphatic carbocycles. The Kier molecular flexibility index (Phi) is 4.10. The fourth-order valence-electron chi connectivity index (χ4n) is 3.01. The second kappa shape index (κ2) is 5.46. The highest BCUT2D eigenvalue weighted by Crippen LogP contribution is 2.26. The van der Waals surface area contributed by atoms with Gasteiger partial charge in [0.2, 0.25) is 0 Å². The Morgan fingerprint density at radius 3 is 2.32 bits per heavy atom. The van der Waals surface area contributed by atoms with Crippen molar-refractivity contribution in [1.29, 1.82) is 0 Å². The van der Waals surface area contributed by atoms with E-state index in [4.69, 9.17) is 9.84 Å². The summed E-state index contributed by atoms with van der Waals surface area (Å²) in [6.45, 7) is 3.55. The zero-order valence-corrected chi connectivity index (χ0v) is 11.7. The summed E-state index contributed by atoms with van der Waals surface area (Å²) in [6.07, 6.45) is -0.465. The second-order valence-electron chi connectivity index (χ2n) is 5.78. The Morgan fingerprint density at radius 1 is 1.21 bits per heavy atom. The second-order valence-corrected chi connectivity index (χ2v) is 5.78. The molecule has 0 saturated carbocycles. The van der Waals surface area contributed by atoms with Crippen LogP contribution in [0.15, 0.2) is 0 Å². The third kappa shape index (κ3) is 2.90. The molecule has 0 aromatic heterocycles. The number of likely N-dealkylation sites (tertiary alicyclic amines) is 1. The van der Waals surface area contributed by atoms with Crippen LogP contribution in [-0.2, 0) is 14.3 Å².